The maximum Gasteiger partial charge on any atom is 0.283 e. The molecule has 0 spiro atoms. The van der Waals surface area contributed by atoms with Crippen molar-refractivity contribution in [2.24, 2.45) is 0 Å². The summed E-state index contributed by atoms with van der Waals surface area (Å²) in [6, 6.07) is 0. The number of ketones is 1. The van der Waals surface area contributed by atoms with Crippen LogP contribution in [-0.2, 0) is 19.4 Å². The molecule has 9 nitrogen and oxygen atoms in total. The Morgan fingerprint density at radius 2 is 2.07 bits per heavy atom. The van der Waals surface area contributed by atoms with Crippen LogP contribution in [0.25, 0.3) is 11.0 Å². The number of anilines is 1. The van der Waals surface area contributed by atoms with Gasteiger partial charge in [0.2, 0.25) is 25.7 Å². The first-order valence-electron chi connectivity index (χ1n) is 7.89. The van der Waals surface area contributed by atoms with Crippen LogP contribution >= 0.6 is 11.5 Å². The van der Waals surface area contributed by atoms with Gasteiger partial charge in [-0.05, 0) is 30.2 Å². The van der Waals surface area contributed by atoms with Crippen LogP contribution in [0, 0.1) is 0 Å². The quantitative estimate of drug-likeness (QED) is 0.712. The average Bonchev–Trinajstić information content (AvgIpc) is 3.05. The van der Waals surface area contributed by atoms with E-state index in [0.29, 0.717) is 17.6 Å². The number of carbonyl (C=O) groups is 1. The number of aromatic nitrogens is 3. The fourth-order valence-corrected chi connectivity index (χ4v) is 4.52. The number of carbonyl (C=O) groups excluding carboxylic acids is 1. The van der Waals surface area contributed by atoms with Crippen molar-refractivity contribution in [2.75, 3.05) is 19.1 Å². The molecule has 2 aromatic heterocycles. The van der Waals surface area contributed by atoms with Gasteiger partial charge < -0.3 is 10.5 Å². The molecule has 3 rings (SSSR count). The Labute approximate surface area is 164 Å². The van der Waals surface area contributed by atoms with E-state index in [4.69, 9.17) is 10.5 Å². The fraction of sp³-hybridized carbons (Fsp3) is 0.176. The Kier molecular flexibility index (Phi) is 5.04. The molecule has 0 unspecified atom stereocenters. The third-order valence-corrected chi connectivity index (χ3v) is 5.67. The minimum atomic E-state index is -3.69. The van der Waals surface area contributed by atoms with Crippen molar-refractivity contribution in [1.82, 2.24) is 13.8 Å². The highest BCUT2D eigenvalue weighted by Crippen LogP contribution is 2.25. The van der Waals surface area contributed by atoms with Crippen LogP contribution in [-0.4, -0.2) is 41.3 Å². The third kappa shape index (κ3) is 3.41. The van der Waals surface area contributed by atoms with Gasteiger partial charge in [0.1, 0.15) is 5.82 Å². The second-order valence-electron chi connectivity index (χ2n) is 5.92. The standard InChI is InChI=1S/C17H16N4O5S2/c1-4-5-10-6-9(8-12(26-2)13(10)22)7-11-14(18)21-16(19-15(11)23)27-20-17(21)28(3,24)25/h4,6-8H,1,5,18H2,2-3H3/b9-7-. The van der Waals surface area contributed by atoms with Gasteiger partial charge in [-0.3, -0.25) is 9.59 Å². The molecule has 0 saturated carbocycles. The molecule has 0 saturated heterocycles. The number of rotatable bonds is 5. The normalized spacial score (nSPS) is 16.2. The zero-order valence-corrected chi connectivity index (χ0v) is 16.6. The summed E-state index contributed by atoms with van der Waals surface area (Å²) in [7, 11) is -2.32. The van der Waals surface area contributed by atoms with Gasteiger partial charge in [-0.15, -0.1) is 6.58 Å². The molecule has 0 bridgehead atoms. The molecule has 0 aliphatic heterocycles. The predicted molar refractivity (Wildman–Crippen MR) is 106 cm³/mol. The fourth-order valence-electron chi connectivity index (χ4n) is 2.66. The molecular formula is C17H16N4O5S2. The molecule has 2 heterocycles. The number of allylic oxidation sites excluding steroid dienone is 5. The second kappa shape index (κ2) is 7.17. The average molecular weight is 420 g/mol. The highest BCUT2D eigenvalue weighted by atomic mass is 32.2. The molecule has 0 aromatic carbocycles. The van der Waals surface area contributed by atoms with Crippen LogP contribution in [0.5, 0.6) is 0 Å². The van der Waals surface area contributed by atoms with E-state index in [2.05, 4.69) is 15.9 Å². The number of methoxy groups -OCH3 is 1. The molecule has 0 amide bonds. The lowest BCUT2D eigenvalue weighted by atomic mass is 9.95. The maximum atomic E-state index is 12.4. The van der Waals surface area contributed by atoms with Crippen LogP contribution in [0.15, 0.2) is 51.7 Å². The topological polar surface area (TPSA) is 134 Å². The molecule has 0 atom stereocenters. The summed E-state index contributed by atoms with van der Waals surface area (Å²) in [6.45, 7) is 3.62. The lowest BCUT2D eigenvalue weighted by Gasteiger charge is -2.14. The number of sulfone groups is 1. The van der Waals surface area contributed by atoms with E-state index in [0.717, 1.165) is 22.2 Å². The van der Waals surface area contributed by atoms with Gasteiger partial charge in [-0.25, -0.2) is 12.8 Å². The van der Waals surface area contributed by atoms with Crippen molar-refractivity contribution < 1.29 is 17.9 Å². The first-order chi connectivity index (χ1) is 13.2. The van der Waals surface area contributed by atoms with Gasteiger partial charge in [0.15, 0.2) is 5.76 Å². The van der Waals surface area contributed by atoms with Gasteiger partial charge in [-0.1, -0.05) is 6.08 Å². The molecule has 0 radical (unpaired) electrons. The van der Waals surface area contributed by atoms with Crippen molar-refractivity contribution in [3.63, 3.8) is 0 Å². The molecule has 2 N–H and O–H groups in total. The number of Topliss-reactive ketones (excluding diaryl/α,β-unsaturated/α-hetero) is 1. The van der Waals surface area contributed by atoms with Crippen LogP contribution in [0.3, 0.4) is 0 Å². The van der Waals surface area contributed by atoms with Crippen molar-refractivity contribution in [3.05, 3.63) is 57.6 Å². The number of nitrogens with zero attached hydrogens (tertiary/aromatic N) is 3. The molecule has 1 aliphatic rings. The Morgan fingerprint density at radius 3 is 2.68 bits per heavy atom. The van der Waals surface area contributed by atoms with E-state index in [1.807, 2.05) is 0 Å². The minimum absolute atomic E-state index is 0.0205. The molecule has 28 heavy (non-hydrogen) atoms. The first kappa shape index (κ1) is 19.7. The largest absolute Gasteiger partial charge is 0.493 e. The van der Waals surface area contributed by atoms with Gasteiger partial charge in [0.25, 0.3) is 5.56 Å². The monoisotopic (exact) mass is 420 g/mol. The second-order valence-corrected chi connectivity index (χ2v) is 8.56. The summed E-state index contributed by atoms with van der Waals surface area (Å²) in [5.74, 6) is -0.286. The highest BCUT2D eigenvalue weighted by Gasteiger charge is 2.23. The lowest BCUT2D eigenvalue weighted by Crippen LogP contribution is -2.18. The summed E-state index contributed by atoms with van der Waals surface area (Å²) in [6.07, 6.45) is 7.36. The Morgan fingerprint density at radius 1 is 1.36 bits per heavy atom. The number of ether oxygens (including phenoxy) is 1. The predicted octanol–water partition coefficient (Wildman–Crippen LogP) is 1.14. The summed E-state index contributed by atoms with van der Waals surface area (Å²) in [4.78, 5) is 28.6. The molecular weight excluding hydrogens is 404 g/mol. The van der Waals surface area contributed by atoms with E-state index in [1.54, 1.807) is 12.2 Å². The van der Waals surface area contributed by atoms with Gasteiger partial charge in [0.05, 0.1) is 12.7 Å². The minimum Gasteiger partial charge on any atom is -0.493 e. The number of hydrogen-bond donors (Lipinski definition) is 1. The zero-order valence-electron chi connectivity index (χ0n) is 15.0. The highest BCUT2D eigenvalue weighted by molar-refractivity contribution is 7.90. The van der Waals surface area contributed by atoms with Crippen molar-refractivity contribution >= 4 is 44.0 Å². The van der Waals surface area contributed by atoms with E-state index in [9.17, 15) is 18.0 Å². The van der Waals surface area contributed by atoms with Gasteiger partial charge in [-0.2, -0.15) is 9.36 Å². The Hall–Kier alpha value is -3.05. The first-order valence-corrected chi connectivity index (χ1v) is 10.6. The summed E-state index contributed by atoms with van der Waals surface area (Å²) < 4.78 is 34.0. The number of nitrogens with two attached hydrogens (primary N) is 1. The Bertz CT molecular complexity index is 1260. The van der Waals surface area contributed by atoms with E-state index < -0.39 is 15.4 Å². The molecule has 11 heteroatoms. The number of fused-ring (bicyclic) bond motifs is 1. The van der Waals surface area contributed by atoms with Crippen LogP contribution < -0.4 is 11.3 Å². The third-order valence-electron chi connectivity index (χ3n) is 3.91. The maximum absolute atomic E-state index is 12.4. The van der Waals surface area contributed by atoms with Gasteiger partial charge >= 0.3 is 0 Å². The van der Waals surface area contributed by atoms with E-state index in [1.165, 1.54) is 19.3 Å². The van der Waals surface area contributed by atoms with Crippen molar-refractivity contribution in [3.8, 4) is 0 Å². The van der Waals surface area contributed by atoms with Crippen molar-refractivity contribution in [2.45, 2.75) is 11.6 Å². The molecule has 146 valence electrons. The SMILES string of the molecule is C=CCC1=C/C(=C/c2c(N)n3c(S(C)(=O)=O)nsc3nc2=O)C=C(OC)C1=O. The van der Waals surface area contributed by atoms with E-state index >= 15 is 0 Å². The van der Waals surface area contributed by atoms with Crippen LogP contribution in [0.2, 0.25) is 0 Å². The molecule has 0 fully saturated rings. The summed E-state index contributed by atoms with van der Waals surface area (Å²) >= 11 is 0.758. The lowest BCUT2D eigenvalue weighted by molar-refractivity contribution is -0.115. The number of nitrogen functional groups attached to an aromatic ring is 1. The summed E-state index contributed by atoms with van der Waals surface area (Å²) in [5, 5.41) is -0.299. The molecule has 2 aromatic rings. The Balaban J connectivity index is 2.26. The van der Waals surface area contributed by atoms with Gasteiger partial charge in [0, 0.05) is 23.4 Å². The molecule has 1 aliphatic carbocycles. The number of hydrogen-bond acceptors (Lipinski definition) is 9. The van der Waals surface area contributed by atoms with Crippen molar-refractivity contribution in [1.29, 1.82) is 0 Å². The van der Waals surface area contributed by atoms with Crippen LogP contribution in [0.1, 0.15) is 12.0 Å². The summed E-state index contributed by atoms with van der Waals surface area (Å²) in [5.41, 5.74) is 6.34. The smallest absolute Gasteiger partial charge is 0.283 e. The van der Waals surface area contributed by atoms with Crippen LogP contribution in [0.4, 0.5) is 5.82 Å². The zero-order chi connectivity index (χ0) is 20.6. The van der Waals surface area contributed by atoms with E-state index in [-0.39, 0.29) is 33.0 Å².